The van der Waals surface area contributed by atoms with Crippen molar-refractivity contribution >= 4 is 5.97 Å². The molecule has 0 aliphatic heterocycles. The van der Waals surface area contributed by atoms with Gasteiger partial charge in [0.15, 0.2) is 0 Å². The topological polar surface area (TPSA) is 55.8 Å². The molecule has 0 spiro atoms. The first-order chi connectivity index (χ1) is 13.6. The molecule has 0 unspecified atom stereocenters. The lowest BCUT2D eigenvalue weighted by Gasteiger charge is -2.21. The van der Waals surface area contributed by atoms with Crippen molar-refractivity contribution in [2.75, 3.05) is 6.61 Å². The molecule has 3 rings (SSSR count). The molecule has 1 aliphatic rings. The fourth-order valence-corrected chi connectivity index (χ4v) is 3.33. The number of hydrogen-bond donors (Lipinski definition) is 1. The fraction of sp³-hybridized carbons (Fsp3) is 0.375. The van der Waals surface area contributed by atoms with Crippen LogP contribution in [-0.2, 0) is 11.2 Å². The Balaban J connectivity index is 1.57. The zero-order valence-electron chi connectivity index (χ0n) is 16.4. The Hall–Kier alpha value is -2.75. The second-order valence-corrected chi connectivity index (χ2v) is 7.33. The first kappa shape index (κ1) is 20.0. The normalized spacial score (nSPS) is 14.0. The molecule has 0 saturated heterocycles. The Bertz CT molecular complexity index is 804. The number of aryl methyl sites for hydroxylation is 2. The Kier molecular flexibility index (Phi) is 7.12. The van der Waals surface area contributed by atoms with Gasteiger partial charge in [0.25, 0.3) is 0 Å². The van der Waals surface area contributed by atoms with Crippen LogP contribution in [-0.4, -0.2) is 17.7 Å². The predicted molar refractivity (Wildman–Crippen MR) is 110 cm³/mol. The number of benzene rings is 2. The lowest BCUT2D eigenvalue weighted by Crippen LogP contribution is -2.12. The van der Waals surface area contributed by atoms with E-state index in [-0.39, 0.29) is 6.42 Å². The van der Waals surface area contributed by atoms with Gasteiger partial charge < -0.3 is 14.6 Å². The van der Waals surface area contributed by atoms with Gasteiger partial charge in [0.05, 0.1) is 0 Å². The van der Waals surface area contributed by atoms with E-state index >= 15 is 0 Å². The Morgan fingerprint density at radius 3 is 2.36 bits per heavy atom. The lowest BCUT2D eigenvalue weighted by molar-refractivity contribution is -0.137. The average molecular weight is 380 g/mol. The molecule has 1 aliphatic carbocycles. The lowest BCUT2D eigenvalue weighted by atomic mass is 9.98. The fourth-order valence-electron chi connectivity index (χ4n) is 3.33. The first-order valence-electron chi connectivity index (χ1n) is 9.99. The third-order valence-electron chi connectivity index (χ3n) is 4.98. The largest absolute Gasteiger partial charge is 0.489 e. The van der Waals surface area contributed by atoms with Gasteiger partial charge in [-0.25, -0.2) is 0 Å². The van der Waals surface area contributed by atoms with Gasteiger partial charge in [0.2, 0.25) is 0 Å². The molecule has 2 aromatic rings. The zero-order chi connectivity index (χ0) is 19.8. The minimum Gasteiger partial charge on any atom is -0.489 e. The summed E-state index contributed by atoms with van der Waals surface area (Å²) in [7, 11) is 0. The third kappa shape index (κ3) is 6.15. The van der Waals surface area contributed by atoms with Gasteiger partial charge in [0.1, 0.15) is 23.9 Å². The number of allylic oxidation sites excluding steroid dienone is 1. The molecule has 1 N–H and O–H groups in total. The molecule has 0 aromatic heterocycles. The molecule has 0 saturated carbocycles. The molecule has 148 valence electrons. The van der Waals surface area contributed by atoms with Crippen LogP contribution in [0.3, 0.4) is 0 Å². The van der Waals surface area contributed by atoms with E-state index < -0.39 is 5.97 Å². The van der Waals surface area contributed by atoms with E-state index in [0.29, 0.717) is 13.0 Å². The van der Waals surface area contributed by atoms with Crippen molar-refractivity contribution < 1.29 is 19.4 Å². The minimum atomic E-state index is -0.746. The van der Waals surface area contributed by atoms with Crippen LogP contribution < -0.4 is 9.47 Å². The molecule has 0 amide bonds. The van der Waals surface area contributed by atoms with Crippen LogP contribution in [0.25, 0.3) is 0 Å². The molecular weight excluding hydrogens is 352 g/mol. The molecule has 0 heterocycles. The van der Waals surface area contributed by atoms with E-state index in [0.717, 1.165) is 48.5 Å². The summed E-state index contributed by atoms with van der Waals surface area (Å²) in [5.41, 5.74) is 3.59. The highest BCUT2D eigenvalue weighted by atomic mass is 16.5. The van der Waals surface area contributed by atoms with Crippen LogP contribution in [0.5, 0.6) is 11.5 Å². The number of hydrogen-bond acceptors (Lipinski definition) is 3. The van der Waals surface area contributed by atoms with E-state index in [1.165, 1.54) is 17.6 Å². The average Bonchev–Trinajstić information content (AvgIpc) is 2.70. The molecular formula is C24H28O4. The van der Waals surface area contributed by atoms with Gasteiger partial charge in [-0.05, 0) is 68.9 Å². The highest BCUT2D eigenvalue weighted by Crippen LogP contribution is 2.28. The minimum absolute atomic E-state index is 0.205. The second kappa shape index (κ2) is 9.98. The third-order valence-corrected chi connectivity index (χ3v) is 4.98. The maximum atomic E-state index is 10.6. The first-order valence-corrected chi connectivity index (χ1v) is 9.99. The SMILES string of the molecule is Cc1ccc(OC2=C(COc3ccc(CCCC(=O)O)cc3)CCCC2)cc1. The molecule has 0 bridgehead atoms. The van der Waals surface area contributed by atoms with Gasteiger partial charge in [0, 0.05) is 18.4 Å². The van der Waals surface area contributed by atoms with E-state index in [1.54, 1.807) is 0 Å². The number of carboxylic acids is 1. The summed E-state index contributed by atoms with van der Waals surface area (Å²) < 4.78 is 12.1. The zero-order valence-corrected chi connectivity index (χ0v) is 16.4. The predicted octanol–water partition coefficient (Wildman–Crippen LogP) is 5.69. The van der Waals surface area contributed by atoms with Gasteiger partial charge in [-0.2, -0.15) is 0 Å². The number of aliphatic carboxylic acids is 1. The highest BCUT2D eigenvalue weighted by Gasteiger charge is 2.15. The monoisotopic (exact) mass is 380 g/mol. The van der Waals surface area contributed by atoms with Gasteiger partial charge in [-0.3, -0.25) is 4.79 Å². The van der Waals surface area contributed by atoms with E-state index in [9.17, 15) is 4.79 Å². The van der Waals surface area contributed by atoms with Crippen molar-refractivity contribution in [3.63, 3.8) is 0 Å². The summed E-state index contributed by atoms with van der Waals surface area (Å²) in [6.07, 6.45) is 5.91. The second-order valence-electron chi connectivity index (χ2n) is 7.33. The summed E-state index contributed by atoms with van der Waals surface area (Å²) >= 11 is 0. The maximum Gasteiger partial charge on any atom is 0.303 e. The Labute approximate surface area is 166 Å². The van der Waals surface area contributed by atoms with Crippen molar-refractivity contribution in [1.82, 2.24) is 0 Å². The van der Waals surface area contributed by atoms with Crippen molar-refractivity contribution in [3.8, 4) is 11.5 Å². The van der Waals surface area contributed by atoms with Gasteiger partial charge >= 0.3 is 5.97 Å². The summed E-state index contributed by atoms with van der Waals surface area (Å²) in [5.74, 6) is 2.00. The molecule has 4 heteroatoms. The van der Waals surface area contributed by atoms with Crippen LogP contribution in [0.2, 0.25) is 0 Å². The molecule has 0 radical (unpaired) electrons. The molecule has 2 aromatic carbocycles. The van der Waals surface area contributed by atoms with Crippen LogP contribution in [0.15, 0.2) is 59.9 Å². The van der Waals surface area contributed by atoms with E-state index in [4.69, 9.17) is 14.6 Å². The number of ether oxygens (including phenoxy) is 2. The molecule has 4 nitrogen and oxygen atoms in total. The van der Waals surface area contributed by atoms with Crippen molar-refractivity contribution in [1.29, 1.82) is 0 Å². The van der Waals surface area contributed by atoms with E-state index in [1.807, 2.05) is 36.4 Å². The summed E-state index contributed by atoms with van der Waals surface area (Å²) in [5, 5.41) is 8.72. The standard InChI is InChI=1S/C24H28O4/c1-18-9-13-22(14-10-18)28-23-7-3-2-6-20(23)17-27-21-15-11-19(12-16-21)5-4-8-24(25)26/h9-16H,2-8,17H2,1H3,(H,25,26). The maximum absolute atomic E-state index is 10.6. The smallest absolute Gasteiger partial charge is 0.303 e. The Morgan fingerprint density at radius 1 is 0.964 bits per heavy atom. The van der Waals surface area contributed by atoms with Gasteiger partial charge in [-0.1, -0.05) is 29.8 Å². The van der Waals surface area contributed by atoms with Crippen molar-refractivity contribution in [3.05, 3.63) is 71.0 Å². The van der Waals surface area contributed by atoms with Crippen LogP contribution in [0.1, 0.15) is 49.7 Å². The van der Waals surface area contributed by atoms with Crippen LogP contribution in [0.4, 0.5) is 0 Å². The quantitative estimate of drug-likeness (QED) is 0.607. The van der Waals surface area contributed by atoms with E-state index in [2.05, 4.69) is 19.1 Å². The molecule has 0 fully saturated rings. The van der Waals surface area contributed by atoms with Crippen LogP contribution >= 0.6 is 0 Å². The number of carbonyl (C=O) groups is 1. The number of carboxylic acid groups (broad SMARTS) is 1. The molecule has 0 atom stereocenters. The van der Waals surface area contributed by atoms with Gasteiger partial charge in [-0.15, -0.1) is 0 Å². The van der Waals surface area contributed by atoms with Crippen LogP contribution in [0, 0.1) is 6.92 Å². The van der Waals surface area contributed by atoms with Crippen molar-refractivity contribution in [2.45, 2.75) is 51.9 Å². The van der Waals surface area contributed by atoms with Crippen molar-refractivity contribution in [2.24, 2.45) is 0 Å². The number of rotatable bonds is 9. The highest BCUT2D eigenvalue weighted by molar-refractivity contribution is 5.66. The Morgan fingerprint density at radius 2 is 1.64 bits per heavy atom. The molecule has 28 heavy (non-hydrogen) atoms. The summed E-state index contributed by atoms with van der Waals surface area (Å²) in [4.78, 5) is 10.6. The summed E-state index contributed by atoms with van der Waals surface area (Å²) in [6.45, 7) is 2.61. The summed E-state index contributed by atoms with van der Waals surface area (Å²) in [6, 6.07) is 16.1.